The molecule has 7 heteroatoms. The fraction of sp³-hybridized carbons (Fsp3) is 0.0526. The summed E-state index contributed by atoms with van der Waals surface area (Å²) in [6, 6.07) is 12.1. The summed E-state index contributed by atoms with van der Waals surface area (Å²) < 4.78 is 30.4. The Morgan fingerprint density at radius 2 is 1.85 bits per heavy atom. The Balaban J connectivity index is 1.62. The van der Waals surface area contributed by atoms with Gasteiger partial charge in [0.25, 0.3) is 0 Å². The Morgan fingerprint density at radius 1 is 1.04 bits per heavy atom. The summed E-state index contributed by atoms with van der Waals surface area (Å²) in [5.41, 5.74) is 2.93. The molecule has 1 fully saturated rings. The number of imide groups is 1. The van der Waals surface area contributed by atoms with Gasteiger partial charge in [0.15, 0.2) is 0 Å². The van der Waals surface area contributed by atoms with Crippen LogP contribution in [0.3, 0.4) is 0 Å². The molecule has 6 rings (SSSR count). The SMILES string of the molecule is O=C1NC(=O)/C(=[C]2\C3=[C](Cc4ccc(F)c(F)c4)[In]2[c]2ccccc23)S1. The van der Waals surface area contributed by atoms with Gasteiger partial charge in [-0.1, -0.05) is 0 Å². The normalized spacial score (nSPS) is 20.5. The van der Waals surface area contributed by atoms with Crippen LogP contribution in [0.4, 0.5) is 13.6 Å². The maximum absolute atomic E-state index is 13.6. The molecule has 126 valence electrons. The van der Waals surface area contributed by atoms with Crippen LogP contribution in [-0.4, -0.2) is 32.6 Å². The number of hydrogen-bond acceptors (Lipinski definition) is 3. The van der Waals surface area contributed by atoms with Gasteiger partial charge in [0.2, 0.25) is 0 Å². The zero-order valence-corrected chi connectivity index (χ0v) is 17.4. The van der Waals surface area contributed by atoms with E-state index in [9.17, 15) is 18.4 Å². The van der Waals surface area contributed by atoms with Crippen LogP contribution in [0.25, 0.3) is 5.57 Å². The van der Waals surface area contributed by atoms with Crippen molar-refractivity contribution in [3.05, 3.63) is 76.8 Å². The number of allylic oxidation sites excluding steroid dienone is 3. The molecule has 0 spiro atoms. The molecule has 4 aliphatic heterocycles. The second kappa shape index (κ2) is 5.82. The number of hydrogen-bond donors (Lipinski definition) is 1. The van der Waals surface area contributed by atoms with Crippen LogP contribution < -0.4 is 8.64 Å². The van der Waals surface area contributed by atoms with Gasteiger partial charge in [-0.05, 0) is 0 Å². The molecule has 4 heterocycles. The van der Waals surface area contributed by atoms with Crippen LogP contribution in [0, 0.1) is 11.6 Å². The summed E-state index contributed by atoms with van der Waals surface area (Å²) in [5, 5.41) is 2.01. The Kier molecular flexibility index (Phi) is 3.66. The van der Waals surface area contributed by atoms with Crippen molar-refractivity contribution >= 4 is 53.2 Å². The average Bonchev–Trinajstić information content (AvgIpc) is 3.22. The van der Waals surface area contributed by atoms with Crippen LogP contribution in [-0.2, 0) is 11.2 Å². The van der Waals surface area contributed by atoms with Crippen molar-refractivity contribution in [3.63, 3.8) is 0 Å². The van der Waals surface area contributed by atoms with E-state index < -0.39 is 33.1 Å². The first-order valence-corrected chi connectivity index (χ1v) is 13.8. The molecule has 3 nitrogen and oxygen atoms in total. The topological polar surface area (TPSA) is 46.2 Å². The summed E-state index contributed by atoms with van der Waals surface area (Å²) in [7, 11) is 0. The first-order chi connectivity index (χ1) is 12.5. The van der Waals surface area contributed by atoms with Gasteiger partial charge >= 0.3 is 160 Å². The molecule has 4 aliphatic rings. The van der Waals surface area contributed by atoms with E-state index in [1.807, 2.05) is 18.2 Å². The summed E-state index contributed by atoms with van der Waals surface area (Å²) in [5.74, 6) is -2.01. The monoisotopic (exact) mass is 469 g/mol. The summed E-state index contributed by atoms with van der Waals surface area (Å²) in [6.07, 6.45) is 0.568. The van der Waals surface area contributed by atoms with Gasteiger partial charge in [-0.25, -0.2) is 0 Å². The third-order valence-corrected chi connectivity index (χ3v) is 16.4. The van der Waals surface area contributed by atoms with E-state index in [0.29, 0.717) is 11.3 Å². The fourth-order valence-corrected chi connectivity index (χ4v) is 16.6. The molecule has 0 aromatic heterocycles. The molecule has 2 bridgehead atoms. The average molecular weight is 469 g/mol. The third-order valence-electron chi connectivity index (χ3n) is 5.01. The van der Waals surface area contributed by atoms with Gasteiger partial charge in [-0.2, -0.15) is 0 Å². The van der Waals surface area contributed by atoms with E-state index in [4.69, 9.17) is 0 Å². The van der Waals surface area contributed by atoms with Crippen LogP contribution in [0.1, 0.15) is 11.1 Å². The quantitative estimate of drug-likeness (QED) is 0.689. The standard InChI is InChI=1S/C19H10F2NO2S.In/c20-15-9-7-12(10-16(15)21)6-8-14(13-4-2-1-3-5-13)11-17-18(23)22-19(24)25-17;/h1-4,7,9-10H,6H2,(H,22,23,24);. The second-order valence-corrected chi connectivity index (χ2v) is 15.3. The van der Waals surface area contributed by atoms with Crippen molar-refractivity contribution < 1.29 is 18.4 Å². The molecule has 1 saturated heterocycles. The molecule has 2 aromatic rings. The number of rotatable bonds is 2. The number of amides is 2. The zero-order valence-electron chi connectivity index (χ0n) is 13.3. The van der Waals surface area contributed by atoms with Crippen molar-refractivity contribution in [1.29, 1.82) is 0 Å². The molecule has 0 radical (unpaired) electrons. The zero-order chi connectivity index (χ0) is 18.0. The Labute approximate surface area is 159 Å². The molecular weight excluding hydrogens is 459 g/mol. The molecule has 2 amide bonds. The Morgan fingerprint density at radius 3 is 2.54 bits per heavy atom. The summed E-state index contributed by atoms with van der Waals surface area (Å²) in [4.78, 5) is 24.3. The van der Waals surface area contributed by atoms with Gasteiger partial charge < -0.3 is 0 Å². The number of thioether (sulfide) groups is 1. The van der Waals surface area contributed by atoms with Crippen molar-refractivity contribution in [3.8, 4) is 0 Å². The number of carbonyl (C=O) groups excluding carboxylic acids is 2. The van der Waals surface area contributed by atoms with E-state index in [0.717, 1.165) is 37.9 Å². The molecule has 0 atom stereocenters. The maximum atomic E-state index is 13.6. The van der Waals surface area contributed by atoms with Gasteiger partial charge in [0.1, 0.15) is 0 Å². The fourth-order valence-electron chi connectivity index (χ4n) is 3.99. The number of benzene rings is 2. The third kappa shape index (κ3) is 2.26. The van der Waals surface area contributed by atoms with Gasteiger partial charge in [0.05, 0.1) is 0 Å². The summed E-state index contributed by atoms with van der Waals surface area (Å²) in [6.45, 7) is 0. The summed E-state index contributed by atoms with van der Waals surface area (Å²) >= 11 is -1.62. The minimum atomic E-state index is -2.59. The van der Waals surface area contributed by atoms with Crippen LogP contribution in [0.5, 0.6) is 0 Å². The van der Waals surface area contributed by atoms with Crippen molar-refractivity contribution in [2.24, 2.45) is 0 Å². The number of nitrogens with one attached hydrogen (secondary N) is 1. The molecule has 0 unspecified atom stereocenters. The van der Waals surface area contributed by atoms with Crippen molar-refractivity contribution in [2.75, 3.05) is 0 Å². The van der Waals surface area contributed by atoms with E-state index in [1.54, 1.807) is 6.07 Å². The predicted molar refractivity (Wildman–Crippen MR) is 97.0 cm³/mol. The van der Waals surface area contributed by atoms with E-state index >= 15 is 0 Å². The molecule has 2 aromatic carbocycles. The molecule has 26 heavy (non-hydrogen) atoms. The molecule has 1 N–H and O–H groups in total. The van der Waals surface area contributed by atoms with Crippen LogP contribution >= 0.6 is 11.8 Å². The Bertz CT molecular complexity index is 1090. The van der Waals surface area contributed by atoms with Crippen molar-refractivity contribution in [2.45, 2.75) is 6.42 Å². The molecule has 0 saturated carbocycles. The van der Waals surface area contributed by atoms with Crippen molar-refractivity contribution in [1.82, 2.24) is 5.32 Å². The Hall–Kier alpha value is -1.86. The van der Waals surface area contributed by atoms with Gasteiger partial charge in [-0.3, -0.25) is 0 Å². The second-order valence-electron chi connectivity index (χ2n) is 6.43. The number of halogens is 2. The first kappa shape index (κ1) is 16.3. The van der Waals surface area contributed by atoms with Crippen LogP contribution in [0.15, 0.2) is 54.0 Å². The first-order valence-electron chi connectivity index (χ1n) is 8.08. The molecular formula is C19H10F2InNO2S. The van der Waals surface area contributed by atoms with Gasteiger partial charge in [0, 0.05) is 0 Å². The van der Waals surface area contributed by atoms with Gasteiger partial charge in [-0.15, -0.1) is 0 Å². The number of carbonyl (C=O) groups is 2. The van der Waals surface area contributed by atoms with E-state index in [2.05, 4.69) is 11.4 Å². The predicted octanol–water partition coefficient (Wildman–Crippen LogP) is 3.01. The van der Waals surface area contributed by atoms with E-state index in [1.165, 1.54) is 12.7 Å². The van der Waals surface area contributed by atoms with E-state index in [-0.39, 0.29) is 11.1 Å². The molecule has 0 aliphatic carbocycles. The van der Waals surface area contributed by atoms with Crippen LogP contribution in [0.2, 0.25) is 0 Å². The minimum absolute atomic E-state index is 0.311.